The normalized spacial score (nSPS) is 10.4. The number of hydrogen-bond acceptors (Lipinski definition) is 3. The van der Waals surface area contributed by atoms with Crippen LogP contribution in [0.5, 0.6) is 0 Å². The van der Waals surface area contributed by atoms with E-state index < -0.39 is 0 Å². The molecule has 0 saturated heterocycles. The molecule has 3 rings (SSSR count). The van der Waals surface area contributed by atoms with Crippen molar-refractivity contribution >= 4 is 11.6 Å². The van der Waals surface area contributed by atoms with Gasteiger partial charge in [-0.2, -0.15) is 0 Å². The largest absolute Gasteiger partial charge is 0.326 e. The van der Waals surface area contributed by atoms with E-state index >= 15 is 0 Å². The predicted octanol–water partition coefficient (Wildman–Crippen LogP) is 2.76. The fourth-order valence-corrected chi connectivity index (χ4v) is 2.26. The van der Waals surface area contributed by atoms with Crippen LogP contribution in [0, 0.1) is 6.92 Å². The third kappa shape index (κ3) is 3.20. The molecule has 2 aromatic carbocycles. The maximum absolute atomic E-state index is 12.2. The number of benzene rings is 2. The number of aryl methyl sites for hydroxylation is 1. The van der Waals surface area contributed by atoms with Gasteiger partial charge >= 0.3 is 0 Å². The van der Waals surface area contributed by atoms with Gasteiger partial charge in [-0.3, -0.25) is 9.36 Å². The van der Waals surface area contributed by atoms with Crippen molar-refractivity contribution < 1.29 is 4.79 Å². The maximum Gasteiger partial charge on any atom is 0.228 e. The number of rotatable bonds is 4. The molecule has 0 bridgehead atoms. The van der Waals surface area contributed by atoms with Crippen LogP contribution < -0.4 is 5.32 Å². The molecule has 1 heterocycles. The van der Waals surface area contributed by atoms with Crippen molar-refractivity contribution in [3.05, 3.63) is 72.3 Å². The minimum atomic E-state index is -0.0322. The zero-order valence-corrected chi connectivity index (χ0v) is 12.2. The van der Waals surface area contributed by atoms with Crippen LogP contribution in [0.4, 0.5) is 5.69 Å². The molecule has 0 aliphatic heterocycles. The molecular formula is C17H16N4O. The first-order chi connectivity index (χ1) is 10.7. The molecule has 1 aromatic heterocycles. The Bertz CT molecular complexity index is 781. The van der Waals surface area contributed by atoms with E-state index in [1.807, 2.05) is 55.5 Å². The monoisotopic (exact) mass is 292 g/mol. The fraction of sp³-hybridized carbons (Fsp3) is 0.118. The van der Waals surface area contributed by atoms with E-state index in [0.29, 0.717) is 6.42 Å². The van der Waals surface area contributed by atoms with Crippen LogP contribution in [0.3, 0.4) is 0 Å². The minimum Gasteiger partial charge on any atom is -0.326 e. The van der Waals surface area contributed by atoms with Crippen molar-refractivity contribution in [2.24, 2.45) is 0 Å². The van der Waals surface area contributed by atoms with E-state index in [1.54, 1.807) is 17.2 Å². The average molecular weight is 292 g/mol. The van der Waals surface area contributed by atoms with E-state index in [1.165, 1.54) is 0 Å². The first-order valence-corrected chi connectivity index (χ1v) is 7.02. The number of amides is 1. The van der Waals surface area contributed by atoms with E-state index in [0.717, 1.165) is 22.5 Å². The van der Waals surface area contributed by atoms with Crippen molar-refractivity contribution in [1.82, 2.24) is 14.8 Å². The number of anilines is 1. The molecule has 0 aliphatic carbocycles. The van der Waals surface area contributed by atoms with Gasteiger partial charge in [-0.25, -0.2) is 0 Å². The van der Waals surface area contributed by atoms with Crippen LogP contribution >= 0.6 is 0 Å². The molecule has 0 spiro atoms. The molecule has 0 aliphatic rings. The molecule has 0 radical (unpaired) electrons. The summed E-state index contributed by atoms with van der Waals surface area (Å²) in [5, 5.41) is 10.5. The van der Waals surface area contributed by atoms with E-state index in [9.17, 15) is 4.79 Å². The van der Waals surface area contributed by atoms with E-state index in [-0.39, 0.29) is 5.91 Å². The van der Waals surface area contributed by atoms with Crippen LogP contribution in [0.1, 0.15) is 11.1 Å². The molecule has 22 heavy (non-hydrogen) atoms. The Kier molecular flexibility index (Phi) is 3.96. The lowest BCUT2D eigenvalue weighted by molar-refractivity contribution is -0.115. The SMILES string of the molecule is Cc1ccccc1CC(=O)Nc1cccc(-n2cnnc2)c1. The lowest BCUT2D eigenvalue weighted by Crippen LogP contribution is -2.15. The Labute approximate surface area is 128 Å². The number of nitrogens with zero attached hydrogens (tertiary/aromatic N) is 3. The molecule has 1 N–H and O–H groups in total. The topological polar surface area (TPSA) is 59.8 Å². The van der Waals surface area contributed by atoms with Gasteiger partial charge in [-0.05, 0) is 36.2 Å². The zero-order chi connectivity index (χ0) is 15.4. The van der Waals surface area contributed by atoms with Gasteiger partial charge in [0.05, 0.1) is 12.1 Å². The zero-order valence-electron chi connectivity index (χ0n) is 12.2. The van der Waals surface area contributed by atoms with Crippen LogP contribution in [-0.4, -0.2) is 20.7 Å². The van der Waals surface area contributed by atoms with E-state index in [2.05, 4.69) is 15.5 Å². The Balaban J connectivity index is 1.72. The summed E-state index contributed by atoms with van der Waals surface area (Å²) in [4.78, 5) is 12.2. The third-order valence-corrected chi connectivity index (χ3v) is 3.46. The fourth-order valence-electron chi connectivity index (χ4n) is 2.26. The maximum atomic E-state index is 12.2. The Hall–Kier alpha value is -2.95. The quantitative estimate of drug-likeness (QED) is 0.804. The van der Waals surface area contributed by atoms with Gasteiger partial charge in [0.2, 0.25) is 5.91 Å². The second-order valence-electron chi connectivity index (χ2n) is 5.07. The molecule has 110 valence electrons. The van der Waals surface area contributed by atoms with Crippen molar-refractivity contribution in [2.75, 3.05) is 5.32 Å². The van der Waals surface area contributed by atoms with Gasteiger partial charge in [0, 0.05) is 5.69 Å². The standard InChI is InChI=1S/C17H16N4O/c1-13-5-2-3-6-14(13)9-17(22)20-15-7-4-8-16(10-15)21-11-18-19-12-21/h2-8,10-12H,9H2,1H3,(H,20,22). The van der Waals surface area contributed by atoms with Crippen LogP contribution in [-0.2, 0) is 11.2 Å². The summed E-state index contributed by atoms with van der Waals surface area (Å²) in [7, 11) is 0. The summed E-state index contributed by atoms with van der Waals surface area (Å²) < 4.78 is 1.79. The molecule has 3 aromatic rings. The van der Waals surface area contributed by atoms with Crippen molar-refractivity contribution in [3.63, 3.8) is 0 Å². The smallest absolute Gasteiger partial charge is 0.228 e. The number of carbonyl (C=O) groups excluding carboxylic acids is 1. The molecule has 0 saturated carbocycles. The minimum absolute atomic E-state index is 0.0322. The van der Waals surface area contributed by atoms with Crippen molar-refractivity contribution in [2.45, 2.75) is 13.3 Å². The highest BCUT2D eigenvalue weighted by Gasteiger charge is 2.07. The Morgan fingerprint density at radius 3 is 2.64 bits per heavy atom. The summed E-state index contributed by atoms with van der Waals surface area (Å²) in [6, 6.07) is 15.5. The third-order valence-electron chi connectivity index (χ3n) is 3.46. The number of hydrogen-bond donors (Lipinski definition) is 1. The van der Waals surface area contributed by atoms with Crippen molar-refractivity contribution in [1.29, 1.82) is 0 Å². The molecule has 1 amide bonds. The van der Waals surface area contributed by atoms with Crippen LogP contribution in [0.15, 0.2) is 61.2 Å². The van der Waals surface area contributed by atoms with E-state index in [4.69, 9.17) is 0 Å². The second-order valence-corrected chi connectivity index (χ2v) is 5.07. The first kappa shape index (κ1) is 14.0. The van der Waals surface area contributed by atoms with Gasteiger partial charge in [0.1, 0.15) is 12.7 Å². The highest BCUT2D eigenvalue weighted by molar-refractivity contribution is 5.92. The number of aromatic nitrogens is 3. The Morgan fingerprint density at radius 2 is 1.86 bits per heavy atom. The number of carbonyl (C=O) groups is 1. The average Bonchev–Trinajstić information content (AvgIpc) is 3.04. The van der Waals surface area contributed by atoms with Crippen LogP contribution in [0.2, 0.25) is 0 Å². The Morgan fingerprint density at radius 1 is 1.09 bits per heavy atom. The summed E-state index contributed by atoms with van der Waals surface area (Å²) in [5.74, 6) is -0.0322. The second kappa shape index (κ2) is 6.22. The molecule has 0 fully saturated rings. The lowest BCUT2D eigenvalue weighted by Gasteiger charge is -2.09. The highest BCUT2D eigenvalue weighted by atomic mass is 16.1. The summed E-state index contributed by atoms with van der Waals surface area (Å²) >= 11 is 0. The van der Waals surface area contributed by atoms with Gasteiger partial charge in [-0.1, -0.05) is 30.3 Å². The first-order valence-electron chi connectivity index (χ1n) is 7.02. The molecule has 0 unspecified atom stereocenters. The van der Waals surface area contributed by atoms with Gasteiger partial charge in [0.15, 0.2) is 0 Å². The highest BCUT2D eigenvalue weighted by Crippen LogP contribution is 2.15. The van der Waals surface area contributed by atoms with Crippen LogP contribution in [0.25, 0.3) is 5.69 Å². The molecule has 5 nitrogen and oxygen atoms in total. The summed E-state index contributed by atoms with van der Waals surface area (Å²) in [6.07, 6.45) is 3.60. The van der Waals surface area contributed by atoms with Crippen molar-refractivity contribution in [3.8, 4) is 5.69 Å². The summed E-state index contributed by atoms with van der Waals surface area (Å²) in [5.41, 5.74) is 3.81. The van der Waals surface area contributed by atoms with Gasteiger partial charge < -0.3 is 5.32 Å². The van der Waals surface area contributed by atoms with Gasteiger partial charge in [0.25, 0.3) is 0 Å². The number of nitrogens with one attached hydrogen (secondary N) is 1. The molecular weight excluding hydrogens is 276 g/mol. The van der Waals surface area contributed by atoms with Gasteiger partial charge in [-0.15, -0.1) is 10.2 Å². The molecule has 0 atom stereocenters. The lowest BCUT2D eigenvalue weighted by atomic mass is 10.1. The summed E-state index contributed by atoms with van der Waals surface area (Å²) in [6.45, 7) is 2.01. The predicted molar refractivity (Wildman–Crippen MR) is 84.9 cm³/mol. The molecule has 5 heteroatoms.